The Hall–Kier alpha value is -0.400. The molecule has 0 saturated carbocycles. The molecule has 1 unspecified atom stereocenters. The first-order valence-corrected chi connectivity index (χ1v) is 4.25. The predicted molar refractivity (Wildman–Crippen MR) is 45.3 cm³/mol. The zero-order chi connectivity index (χ0) is 8.55. The fourth-order valence-electron chi connectivity index (χ4n) is 1.000. The van der Waals surface area contributed by atoms with Crippen LogP contribution in [0.1, 0.15) is 11.7 Å². The molecule has 0 bridgehead atoms. The first kappa shape index (κ1) is 13.6. The van der Waals surface area contributed by atoms with Gasteiger partial charge in [-0.05, 0) is 16.8 Å². The quantitative estimate of drug-likeness (QED) is 0.524. The Kier molecular flexibility index (Phi) is 5.32. The SMILES string of the molecule is O.O=C1NC(=O)C(c2ccsc2)O1.[Na+]. The van der Waals surface area contributed by atoms with E-state index in [-0.39, 0.29) is 35.0 Å². The third-order valence-electron chi connectivity index (χ3n) is 1.53. The molecule has 1 fully saturated rings. The van der Waals surface area contributed by atoms with Crippen molar-refractivity contribution in [2.75, 3.05) is 0 Å². The third kappa shape index (κ3) is 2.55. The number of thiophene rings is 1. The van der Waals surface area contributed by atoms with Crippen LogP contribution in [0.3, 0.4) is 0 Å². The van der Waals surface area contributed by atoms with E-state index in [1.807, 2.05) is 5.38 Å². The smallest absolute Gasteiger partial charge is 0.431 e. The standard InChI is InChI=1S/C7H5NO3S.Na.H2O/c9-6-5(11-7(10)8-6)4-1-2-12-3-4;;/h1-3,5H,(H,8,9,10);;1H2/q;+1;. The Balaban J connectivity index is 0.000000845. The van der Waals surface area contributed by atoms with E-state index in [9.17, 15) is 9.59 Å². The number of amides is 2. The van der Waals surface area contributed by atoms with Gasteiger partial charge in [0.1, 0.15) is 0 Å². The summed E-state index contributed by atoms with van der Waals surface area (Å²) in [5, 5.41) is 5.67. The van der Waals surface area contributed by atoms with Gasteiger partial charge in [0.05, 0.1) is 0 Å². The summed E-state index contributed by atoms with van der Waals surface area (Å²) in [5.41, 5.74) is 0.725. The van der Waals surface area contributed by atoms with Gasteiger partial charge in [-0.15, -0.1) is 0 Å². The van der Waals surface area contributed by atoms with E-state index in [2.05, 4.69) is 5.32 Å². The maximum absolute atomic E-state index is 11.0. The summed E-state index contributed by atoms with van der Waals surface area (Å²) in [6.07, 6.45) is -1.42. The van der Waals surface area contributed by atoms with Crippen LogP contribution in [0, 0.1) is 0 Å². The minimum atomic E-state index is -0.747. The van der Waals surface area contributed by atoms with Crippen molar-refractivity contribution in [3.63, 3.8) is 0 Å². The molecular formula is C7H7NNaO4S+. The Labute approximate surface area is 106 Å². The number of nitrogens with one attached hydrogen (secondary N) is 1. The molecule has 5 nitrogen and oxygen atoms in total. The van der Waals surface area contributed by atoms with Crippen LogP contribution < -0.4 is 34.9 Å². The van der Waals surface area contributed by atoms with Crippen molar-refractivity contribution in [3.05, 3.63) is 22.4 Å². The molecule has 1 aliphatic heterocycles. The number of rotatable bonds is 1. The number of ether oxygens (including phenoxy) is 1. The van der Waals surface area contributed by atoms with E-state index >= 15 is 0 Å². The van der Waals surface area contributed by atoms with Gasteiger partial charge in [-0.25, -0.2) is 4.79 Å². The van der Waals surface area contributed by atoms with E-state index < -0.39 is 18.1 Å². The fraction of sp³-hybridized carbons (Fsp3) is 0.143. The maximum Gasteiger partial charge on any atom is 1.00 e. The van der Waals surface area contributed by atoms with Gasteiger partial charge in [-0.3, -0.25) is 10.1 Å². The Morgan fingerprint density at radius 1 is 1.43 bits per heavy atom. The Bertz CT molecular complexity index is 326. The molecule has 14 heavy (non-hydrogen) atoms. The summed E-state index contributed by atoms with van der Waals surface area (Å²) in [4.78, 5) is 21.6. The molecule has 1 saturated heterocycles. The Morgan fingerprint density at radius 3 is 2.57 bits per heavy atom. The van der Waals surface area contributed by atoms with Crippen LogP contribution in [0.2, 0.25) is 0 Å². The minimum absolute atomic E-state index is 0. The third-order valence-corrected chi connectivity index (χ3v) is 2.24. The van der Waals surface area contributed by atoms with Crippen molar-refractivity contribution in [1.82, 2.24) is 5.32 Å². The first-order valence-electron chi connectivity index (χ1n) is 3.31. The molecule has 2 amide bonds. The number of carbonyl (C=O) groups is 2. The van der Waals surface area contributed by atoms with Crippen molar-refractivity contribution in [2.24, 2.45) is 0 Å². The van der Waals surface area contributed by atoms with Gasteiger partial charge < -0.3 is 10.2 Å². The minimum Gasteiger partial charge on any atom is -0.431 e. The molecule has 1 aliphatic rings. The summed E-state index contributed by atoms with van der Waals surface area (Å²) in [5.74, 6) is -0.390. The van der Waals surface area contributed by atoms with Gasteiger partial charge in [0, 0.05) is 5.56 Å². The van der Waals surface area contributed by atoms with Crippen LogP contribution >= 0.6 is 11.3 Å². The Morgan fingerprint density at radius 2 is 2.14 bits per heavy atom. The molecule has 70 valence electrons. The van der Waals surface area contributed by atoms with Crippen molar-refractivity contribution in [2.45, 2.75) is 6.10 Å². The van der Waals surface area contributed by atoms with E-state index in [0.29, 0.717) is 0 Å². The summed E-state index contributed by atoms with van der Waals surface area (Å²) in [7, 11) is 0. The molecule has 3 N–H and O–H groups in total. The molecular weight excluding hydrogens is 217 g/mol. The molecule has 1 atom stereocenters. The number of imide groups is 1. The van der Waals surface area contributed by atoms with Gasteiger partial charge >= 0.3 is 35.7 Å². The number of hydrogen-bond acceptors (Lipinski definition) is 4. The first-order chi connectivity index (χ1) is 5.77. The zero-order valence-electron chi connectivity index (χ0n) is 7.44. The van der Waals surface area contributed by atoms with Crippen molar-refractivity contribution < 1.29 is 49.4 Å². The normalized spacial score (nSPS) is 19.0. The summed E-state index contributed by atoms with van der Waals surface area (Å²) in [6.45, 7) is 0. The average Bonchev–Trinajstić information content (AvgIpc) is 2.58. The summed E-state index contributed by atoms with van der Waals surface area (Å²) < 4.78 is 4.73. The van der Waals surface area contributed by atoms with E-state index in [0.717, 1.165) is 5.56 Å². The van der Waals surface area contributed by atoms with E-state index in [1.165, 1.54) is 11.3 Å². The molecule has 1 aromatic rings. The maximum atomic E-state index is 11.0. The second-order valence-corrected chi connectivity index (χ2v) is 3.11. The zero-order valence-corrected chi connectivity index (χ0v) is 10.3. The van der Waals surface area contributed by atoms with Crippen LogP contribution in [0.25, 0.3) is 0 Å². The van der Waals surface area contributed by atoms with Crippen LogP contribution in [0.15, 0.2) is 16.8 Å². The fourth-order valence-corrected chi connectivity index (χ4v) is 1.67. The number of carbonyl (C=O) groups excluding carboxylic acids is 2. The molecule has 2 heterocycles. The molecule has 0 aliphatic carbocycles. The second kappa shape index (κ2) is 5.47. The van der Waals surface area contributed by atoms with Crippen molar-refractivity contribution >= 4 is 23.3 Å². The van der Waals surface area contributed by atoms with Crippen LogP contribution in [-0.4, -0.2) is 17.5 Å². The summed E-state index contributed by atoms with van der Waals surface area (Å²) >= 11 is 1.46. The van der Waals surface area contributed by atoms with Gasteiger partial charge in [-0.2, -0.15) is 11.3 Å². The predicted octanol–water partition coefficient (Wildman–Crippen LogP) is -2.77. The molecule has 0 aromatic carbocycles. The van der Waals surface area contributed by atoms with Crippen molar-refractivity contribution in [3.8, 4) is 0 Å². The second-order valence-electron chi connectivity index (χ2n) is 2.33. The molecule has 0 spiro atoms. The molecule has 7 heteroatoms. The largest absolute Gasteiger partial charge is 1.00 e. The topological polar surface area (TPSA) is 86.9 Å². The molecule has 2 rings (SSSR count). The molecule has 1 aromatic heterocycles. The van der Waals surface area contributed by atoms with Gasteiger partial charge in [0.25, 0.3) is 5.91 Å². The van der Waals surface area contributed by atoms with Crippen LogP contribution in [0.4, 0.5) is 4.79 Å². The number of cyclic esters (lactones) is 1. The van der Waals surface area contributed by atoms with Gasteiger partial charge in [-0.1, -0.05) is 0 Å². The molecule has 0 radical (unpaired) electrons. The average molecular weight is 224 g/mol. The number of alkyl carbamates (subject to hydrolysis) is 1. The van der Waals surface area contributed by atoms with Crippen LogP contribution in [0.5, 0.6) is 0 Å². The van der Waals surface area contributed by atoms with E-state index in [4.69, 9.17) is 4.74 Å². The van der Waals surface area contributed by atoms with Crippen molar-refractivity contribution in [1.29, 1.82) is 0 Å². The number of hydrogen-bond donors (Lipinski definition) is 1. The summed E-state index contributed by atoms with van der Waals surface area (Å²) in [6, 6.07) is 1.76. The van der Waals surface area contributed by atoms with Gasteiger partial charge in [0.15, 0.2) is 0 Å². The van der Waals surface area contributed by atoms with Crippen LogP contribution in [-0.2, 0) is 9.53 Å². The van der Waals surface area contributed by atoms with E-state index in [1.54, 1.807) is 11.4 Å². The monoisotopic (exact) mass is 224 g/mol. The van der Waals surface area contributed by atoms with Gasteiger partial charge in [0.2, 0.25) is 6.10 Å².